The fourth-order valence-electron chi connectivity index (χ4n) is 1.39. The van der Waals surface area contributed by atoms with Crippen LogP contribution in [0.15, 0.2) is 30.3 Å². The number of benzene rings is 1. The standard InChI is InChI=1S/C13H16O4/c1-3-16-12(13(15)17-4-2)11(14)10-8-6-5-7-9-10/h5-9,12H,3-4H2,1-2H3. The van der Waals surface area contributed by atoms with Crippen molar-refractivity contribution in [1.29, 1.82) is 0 Å². The van der Waals surface area contributed by atoms with E-state index in [1.807, 2.05) is 0 Å². The van der Waals surface area contributed by atoms with E-state index in [1.165, 1.54) is 0 Å². The molecule has 0 heterocycles. The van der Waals surface area contributed by atoms with E-state index in [4.69, 9.17) is 9.47 Å². The number of carbonyl (C=O) groups excluding carboxylic acids is 2. The van der Waals surface area contributed by atoms with Crippen LogP contribution in [0.3, 0.4) is 0 Å². The highest BCUT2D eigenvalue weighted by Gasteiger charge is 2.29. The van der Waals surface area contributed by atoms with Crippen LogP contribution in [-0.4, -0.2) is 31.1 Å². The number of hydrogen-bond donors (Lipinski definition) is 0. The Kier molecular flexibility index (Phi) is 5.36. The summed E-state index contributed by atoms with van der Waals surface area (Å²) in [6.07, 6.45) is -1.16. The Hall–Kier alpha value is -1.68. The molecule has 4 heteroatoms. The van der Waals surface area contributed by atoms with Crippen molar-refractivity contribution >= 4 is 11.8 Å². The third-order valence-corrected chi connectivity index (χ3v) is 2.13. The molecule has 0 spiro atoms. The zero-order chi connectivity index (χ0) is 12.7. The van der Waals surface area contributed by atoms with Gasteiger partial charge >= 0.3 is 5.97 Å². The van der Waals surface area contributed by atoms with Crippen LogP contribution in [0.25, 0.3) is 0 Å². The molecule has 0 radical (unpaired) electrons. The highest BCUT2D eigenvalue weighted by Crippen LogP contribution is 2.08. The summed E-state index contributed by atoms with van der Waals surface area (Å²) in [5.74, 6) is -1.01. The van der Waals surface area contributed by atoms with Crippen LogP contribution in [0.4, 0.5) is 0 Å². The lowest BCUT2D eigenvalue weighted by Gasteiger charge is -2.14. The third-order valence-electron chi connectivity index (χ3n) is 2.13. The van der Waals surface area contributed by atoms with Crippen molar-refractivity contribution in [2.24, 2.45) is 0 Å². The van der Waals surface area contributed by atoms with Crippen molar-refractivity contribution in [1.82, 2.24) is 0 Å². The molecule has 0 aliphatic heterocycles. The first-order valence-electron chi connectivity index (χ1n) is 5.58. The van der Waals surface area contributed by atoms with E-state index in [1.54, 1.807) is 44.2 Å². The maximum absolute atomic E-state index is 12.0. The molecule has 0 amide bonds. The van der Waals surface area contributed by atoms with E-state index in [0.29, 0.717) is 5.56 Å². The van der Waals surface area contributed by atoms with Crippen molar-refractivity contribution < 1.29 is 19.1 Å². The summed E-state index contributed by atoms with van der Waals surface area (Å²) >= 11 is 0. The van der Waals surface area contributed by atoms with E-state index in [0.717, 1.165) is 0 Å². The van der Waals surface area contributed by atoms with Crippen LogP contribution in [0.5, 0.6) is 0 Å². The first kappa shape index (κ1) is 13.4. The SMILES string of the molecule is CCOC(=O)C(OCC)C(=O)c1ccccc1. The van der Waals surface area contributed by atoms with Crippen LogP contribution in [0, 0.1) is 0 Å². The molecular weight excluding hydrogens is 220 g/mol. The average molecular weight is 236 g/mol. The van der Waals surface area contributed by atoms with Crippen LogP contribution in [-0.2, 0) is 14.3 Å². The minimum absolute atomic E-state index is 0.227. The van der Waals surface area contributed by atoms with Gasteiger partial charge in [0.15, 0.2) is 0 Å². The van der Waals surface area contributed by atoms with Gasteiger partial charge in [0.05, 0.1) is 6.61 Å². The van der Waals surface area contributed by atoms with Gasteiger partial charge in [-0.1, -0.05) is 30.3 Å². The topological polar surface area (TPSA) is 52.6 Å². The Balaban J connectivity index is 2.84. The molecule has 1 atom stereocenters. The molecule has 17 heavy (non-hydrogen) atoms. The number of ether oxygens (including phenoxy) is 2. The summed E-state index contributed by atoms with van der Waals surface area (Å²) < 4.78 is 9.96. The lowest BCUT2D eigenvalue weighted by molar-refractivity contribution is -0.153. The van der Waals surface area contributed by atoms with Crippen molar-refractivity contribution in [3.05, 3.63) is 35.9 Å². The molecule has 0 saturated carbocycles. The number of hydrogen-bond acceptors (Lipinski definition) is 4. The molecule has 0 fully saturated rings. The van der Waals surface area contributed by atoms with Crippen LogP contribution < -0.4 is 0 Å². The van der Waals surface area contributed by atoms with E-state index < -0.39 is 12.1 Å². The van der Waals surface area contributed by atoms with Gasteiger partial charge in [0.1, 0.15) is 0 Å². The molecule has 0 aliphatic rings. The van der Waals surface area contributed by atoms with Gasteiger partial charge in [-0.2, -0.15) is 0 Å². The van der Waals surface area contributed by atoms with Gasteiger partial charge in [0.2, 0.25) is 11.9 Å². The maximum atomic E-state index is 12.0. The highest BCUT2D eigenvalue weighted by molar-refractivity contribution is 6.11. The Morgan fingerprint density at radius 1 is 1.12 bits per heavy atom. The minimum atomic E-state index is -1.16. The van der Waals surface area contributed by atoms with E-state index >= 15 is 0 Å². The molecule has 0 bridgehead atoms. The molecule has 0 saturated heterocycles. The highest BCUT2D eigenvalue weighted by atomic mass is 16.6. The lowest BCUT2D eigenvalue weighted by Crippen LogP contribution is -2.34. The van der Waals surface area contributed by atoms with Crippen LogP contribution >= 0.6 is 0 Å². The normalized spacial score (nSPS) is 11.9. The Morgan fingerprint density at radius 2 is 1.76 bits per heavy atom. The summed E-state index contributed by atoms with van der Waals surface area (Å²) in [6, 6.07) is 8.57. The molecule has 1 aromatic carbocycles. The Bertz CT molecular complexity index is 372. The summed E-state index contributed by atoms with van der Waals surface area (Å²) in [4.78, 5) is 23.6. The van der Waals surface area contributed by atoms with Crippen molar-refractivity contribution in [3.8, 4) is 0 Å². The molecule has 1 unspecified atom stereocenters. The number of rotatable bonds is 6. The molecule has 0 aliphatic carbocycles. The van der Waals surface area contributed by atoms with Gasteiger partial charge in [-0.3, -0.25) is 4.79 Å². The lowest BCUT2D eigenvalue weighted by atomic mass is 10.1. The van der Waals surface area contributed by atoms with Crippen molar-refractivity contribution in [2.45, 2.75) is 20.0 Å². The van der Waals surface area contributed by atoms with Gasteiger partial charge in [0, 0.05) is 12.2 Å². The van der Waals surface area contributed by atoms with Gasteiger partial charge < -0.3 is 9.47 Å². The van der Waals surface area contributed by atoms with E-state index in [2.05, 4.69) is 0 Å². The fraction of sp³-hybridized carbons (Fsp3) is 0.385. The molecular formula is C13H16O4. The molecule has 0 N–H and O–H groups in total. The summed E-state index contributed by atoms with van der Waals surface area (Å²) in [6.45, 7) is 3.92. The zero-order valence-corrected chi connectivity index (χ0v) is 10.0. The number of Topliss-reactive ketones (excluding diaryl/α,β-unsaturated/α-hetero) is 1. The molecule has 92 valence electrons. The van der Waals surface area contributed by atoms with Gasteiger partial charge in [-0.05, 0) is 13.8 Å². The van der Waals surface area contributed by atoms with E-state index in [9.17, 15) is 9.59 Å². The second-order valence-corrected chi connectivity index (χ2v) is 3.32. The number of esters is 1. The fourth-order valence-corrected chi connectivity index (χ4v) is 1.39. The molecule has 0 aromatic heterocycles. The van der Waals surface area contributed by atoms with E-state index in [-0.39, 0.29) is 19.0 Å². The molecule has 1 rings (SSSR count). The minimum Gasteiger partial charge on any atom is -0.464 e. The Labute approximate surface area is 101 Å². The second kappa shape index (κ2) is 6.81. The summed E-state index contributed by atoms with van der Waals surface area (Å²) in [5.41, 5.74) is 0.444. The smallest absolute Gasteiger partial charge is 0.343 e. The maximum Gasteiger partial charge on any atom is 0.343 e. The molecule has 1 aromatic rings. The van der Waals surface area contributed by atoms with Gasteiger partial charge in [0.25, 0.3) is 0 Å². The largest absolute Gasteiger partial charge is 0.464 e. The monoisotopic (exact) mass is 236 g/mol. The zero-order valence-electron chi connectivity index (χ0n) is 10.0. The first-order chi connectivity index (χ1) is 8.20. The van der Waals surface area contributed by atoms with Crippen molar-refractivity contribution in [2.75, 3.05) is 13.2 Å². The predicted octanol–water partition coefficient (Wildman–Crippen LogP) is 1.84. The van der Waals surface area contributed by atoms with Crippen LogP contribution in [0.1, 0.15) is 24.2 Å². The van der Waals surface area contributed by atoms with Crippen molar-refractivity contribution in [3.63, 3.8) is 0 Å². The van der Waals surface area contributed by atoms with Gasteiger partial charge in [-0.15, -0.1) is 0 Å². The third kappa shape index (κ3) is 3.67. The Morgan fingerprint density at radius 3 is 2.29 bits per heavy atom. The van der Waals surface area contributed by atoms with Crippen LogP contribution in [0.2, 0.25) is 0 Å². The number of carbonyl (C=O) groups is 2. The predicted molar refractivity (Wildman–Crippen MR) is 62.8 cm³/mol. The molecule has 4 nitrogen and oxygen atoms in total. The number of ketones is 1. The van der Waals surface area contributed by atoms with Gasteiger partial charge in [-0.25, -0.2) is 4.79 Å². The quantitative estimate of drug-likeness (QED) is 0.429. The average Bonchev–Trinajstić information content (AvgIpc) is 2.36. The summed E-state index contributed by atoms with van der Waals surface area (Å²) in [7, 11) is 0. The summed E-state index contributed by atoms with van der Waals surface area (Å²) in [5, 5.41) is 0. The first-order valence-corrected chi connectivity index (χ1v) is 5.58. The second-order valence-electron chi connectivity index (χ2n) is 3.32.